The standard InChI is InChI=1S/C22H31O3P/c1-3-4-5-6-9-14-20(2)19-23-26(24-21-15-10-7-11-16-21)25-22-17-12-8-13-18-22/h7-8,10-13,15-18,20H,3-6,9,14,19H2,1-2H3. The zero-order valence-electron chi connectivity index (χ0n) is 16.0. The van der Waals surface area contributed by atoms with Crippen LogP contribution in [0, 0.1) is 5.92 Å². The quantitative estimate of drug-likeness (QED) is 0.270. The maximum Gasteiger partial charge on any atom is 0.463 e. The highest BCUT2D eigenvalue weighted by molar-refractivity contribution is 7.42. The van der Waals surface area contributed by atoms with E-state index in [-0.39, 0.29) is 0 Å². The van der Waals surface area contributed by atoms with E-state index in [4.69, 9.17) is 13.6 Å². The number of hydrogen-bond donors (Lipinski definition) is 0. The van der Waals surface area contributed by atoms with Crippen LogP contribution in [-0.2, 0) is 4.52 Å². The minimum Gasteiger partial charge on any atom is -0.418 e. The summed E-state index contributed by atoms with van der Waals surface area (Å²) < 4.78 is 17.9. The molecule has 0 saturated carbocycles. The monoisotopic (exact) mass is 374 g/mol. The van der Waals surface area contributed by atoms with Crippen LogP contribution in [0.25, 0.3) is 0 Å². The molecule has 0 spiro atoms. The smallest absolute Gasteiger partial charge is 0.418 e. The Bertz CT molecular complexity index is 535. The van der Waals surface area contributed by atoms with Gasteiger partial charge >= 0.3 is 8.60 Å². The van der Waals surface area contributed by atoms with E-state index in [1.807, 2.05) is 60.7 Å². The van der Waals surface area contributed by atoms with E-state index in [0.717, 1.165) is 11.5 Å². The SMILES string of the molecule is CCCCCCCC(C)COP(Oc1ccccc1)Oc1ccccc1. The molecule has 0 fully saturated rings. The lowest BCUT2D eigenvalue weighted by molar-refractivity contribution is 0.219. The molecule has 0 bridgehead atoms. The van der Waals surface area contributed by atoms with Crippen molar-refractivity contribution in [1.82, 2.24) is 0 Å². The lowest BCUT2D eigenvalue weighted by Gasteiger charge is -2.19. The molecule has 3 nitrogen and oxygen atoms in total. The molecule has 142 valence electrons. The summed E-state index contributed by atoms with van der Waals surface area (Å²) >= 11 is 0. The van der Waals surface area contributed by atoms with Crippen molar-refractivity contribution in [2.24, 2.45) is 5.92 Å². The van der Waals surface area contributed by atoms with Gasteiger partial charge in [-0.15, -0.1) is 0 Å². The van der Waals surface area contributed by atoms with Gasteiger partial charge in [0.25, 0.3) is 0 Å². The minimum atomic E-state index is -1.47. The molecule has 2 rings (SSSR count). The van der Waals surface area contributed by atoms with Crippen molar-refractivity contribution in [2.45, 2.75) is 52.4 Å². The first kappa shape index (κ1) is 20.7. The van der Waals surface area contributed by atoms with E-state index in [2.05, 4.69) is 13.8 Å². The van der Waals surface area contributed by atoms with Crippen LogP contribution in [0.4, 0.5) is 0 Å². The van der Waals surface area contributed by atoms with E-state index in [1.54, 1.807) is 0 Å². The summed E-state index contributed by atoms with van der Waals surface area (Å²) in [5.41, 5.74) is 0. The maximum absolute atomic E-state index is 6.01. The molecule has 4 heteroatoms. The number of para-hydroxylation sites is 2. The maximum atomic E-state index is 6.01. The van der Waals surface area contributed by atoms with Gasteiger partial charge in [0.2, 0.25) is 0 Å². The van der Waals surface area contributed by atoms with E-state index >= 15 is 0 Å². The first-order valence-electron chi connectivity index (χ1n) is 9.67. The highest BCUT2D eigenvalue weighted by Gasteiger charge is 2.18. The lowest BCUT2D eigenvalue weighted by Crippen LogP contribution is -2.07. The van der Waals surface area contributed by atoms with Gasteiger partial charge in [0.15, 0.2) is 0 Å². The van der Waals surface area contributed by atoms with Gasteiger partial charge in [0.1, 0.15) is 11.5 Å². The fraction of sp³-hybridized carbons (Fsp3) is 0.455. The first-order valence-corrected chi connectivity index (χ1v) is 10.8. The molecular formula is C22H31O3P. The van der Waals surface area contributed by atoms with Gasteiger partial charge in [-0.2, -0.15) is 0 Å². The van der Waals surface area contributed by atoms with Gasteiger partial charge < -0.3 is 9.05 Å². The van der Waals surface area contributed by atoms with E-state index in [0.29, 0.717) is 12.5 Å². The molecule has 0 aliphatic carbocycles. The van der Waals surface area contributed by atoms with Crippen molar-refractivity contribution in [3.8, 4) is 11.5 Å². The molecule has 2 aromatic carbocycles. The molecule has 0 aliphatic heterocycles. The number of benzene rings is 2. The fourth-order valence-corrected chi connectivity index (χ4v) is 3.68. The third-order valence-electron chi connectivity index (χ3n) is 4.11. The molecule has 0 aliphatic rings. The lowest BCUT2D eigenvalue weighted by atomic mass is 10.0. The van der Waals surface area contributed by atoms with Crippen LogP contribution in [0.3, 0.4) is 0 Å². The Balaban J connectivity index is 1.81. The average molecular weight is 374 g/mol. The Labute approximate surface area is 159 Å². The third-order valence-corrected chi connectivity index (χ3v) is 5.19. The van der Waals surface area contributed by atoms with Crippen LogP contribution in [0.2, 0.25) is 0 Å². The van der Waals surface area contributed by atoms with Crippen LogP contribution < -0.4 is 9.05 Å². The first-order chi connectivity index (χ1) is 12.8. The summed E-state index contributed by atoms with van der Waals surface area (Å²) in [5, 5.41) is 0. The number of rotatable bonds is 13. The van der Waals surface area contributed by atoms with Crippen molar-refractivity contribution in [3.63, 3.8) is 0 Å². The Morgan fingerprint density at radius 2 is 1.31 bits per heavy atom. The van der Waals surface area contributed by atoms with Crippen LogP contribution in [0.5, 0.6) is 11.5 Å². The molecule has 0 heterocycles. The summed E-state index contributed by atoms with van der Waals surface area (Å²) in [6, 6.07) is 19.4. The zero-order chi connectivity index (χ0) is 18.5. The molecule has 1 atom stereocenters. The highest BCUT2D eigenvalue weighted by Crippen LogP contribution is 2.41. The molecule has 2 aromatic rings. The van der Waals surface area contributed by atoms with E-state index < -0.39 is 8.60 Å². The van der Waals surface area contributed by atoms with Gasteiger partial charge in [-0.25, -0.2) is 0 Å². The Morgan fingerprint density at radius 1 is 0.769 bits per heavy atom. The van der Waals surface area contributed by atoms with Crippen LogP contribution in [0.1, 0.15) is 52.4 Å². The topological polar surface area (TPSA) is 27.7 Å². The summed E-state index contributed by atoms with van der Waals surface area (Å²) in [6.45, 7) is 5.13. The summed E-state index contributed by atoms with van der Waals surface area (Å²) in [4.78, 5) is 0. The fourth-order valence-electron chi connectivity index (χ4n) is 2.57. The van der Waals surface area contributed by atoms with Crippen LogP contribution >= 0.6 is 8.60 Å². The minimum absolute atomic E-state index is 0.500. The van der Waals surface area contributed by atoms with E-state index in [9.17, 15) is 0 Å². The van der Waals surface area contributed by atoms with Crippen molar-refractivity contribution >= 4 is 8.60 Å². The van der Waals surface area contributed by atoms with Gasteiger partial charge in [-0.1, -0.05) is 82.3 Å². The van der Waals surface area contributed by atoms with Crippen molar-refractivity contribution in [1.29, 1.82) is 0 Å². The Morgan fingerprint density at radius 3 is 1.85 bits per heavy atom. The predicted molar refractivity (Wildman–Crippen MR) is 110 cm³/mol. The van der Waals surface area contributed by atoms with Crippen molar-refractivity contribution < 1.29 is 13.6 Å². The molecule has 0 saturated heterocycles. The summed E-state index contributed by atoms with van der Waals surface area (Å²) in [5.74, 6) is 2.03. The largest absolute Gasteiger partial charge is 0.463 e. The van der Waals surface area contributed by atoms with Crippen molar-refractivity contribution in [2.75, 3.05) is 6.61 Å². The third kappa shape index (κ3) is 8.69. The molecule has 26 heavy (non-hydrogen) atoms. The second-order valence-corrected chi connectivity index (χ2v) is 7.71. The number of hydrogen-bond acceptors (Lipinski definition) is 3. The Hall–Kier alpha value is -1.57. The van der Waals surface area contributed by atoms with Crippen LogP contribution in [-0.4, -0.2) is 6.61 Å². The van der Waals surface area contributed by atoms with Gasteiger partial charge in [-0.3, -0.25) is 4.52 Å². The molecule has 0 amide bonds. The molecule has 0 aromatic heterocycles. The summed E-state index contributed by atoms with van der Waals surface area (Å²) in [7, 11) is -1.47. The number of unbranched alkanes of at least 4 members (excludes halogenated alkanes) is 4. The predicted octanol–water partition coefficient (Wildman–Crippen LogP) is 7.38. The van der Waals surface area contributed by atoms with E-state index in [1.165, 1.54) is 38.5 Å². The molecule has 0 radical (unpaired) electrons. The van der Waals surface area contributed by atoms with Crippen molar-refractivity contribution in [3.05, 3.63) is 60.7 Å². The second kappa shape index (κ2) is 12.7. The zero-order valence-corrected chi connectivity index (χ0v) is 16.9. The summed E-state index contributed by atoms with van der Waals surface area (Å²) in [6.07, 6.45) is 7.73. The highest BCUT2D eigenvalue weighted by atomic mass is 31.2. The Kier molecular flexibility index (Phi) is 10.2. The average Bonchev–Trinajstić information content (AvgIpc) is 2.67. The van der Waals surface area contributed by atoms with Gasteiger partial charge in [0.05, 0.1) is 6.61 Å². The van der Waals surface area contributed by atoms with Gasteiger partial charge in [0, 0.05) is 0 Å². The van der Waals surface area contributed by atoms with Crippen LogP contribution in [0.15, 0.2) is 60.7 Å². The molecular weight excluding hydrogens is 343 g/mol. The van der Waals surface area contributed by atoms with Gasteiger partial charge in [-0.05, 0) is 36.6 Å². The second-order valence-electron chi connectivity index (χ2n) is 6.64. The normalized spacial score (nSPS) is 12.1. The molecule has 0 N–H and O–H groups in total. The molecule has 1 unspecified atom stereocenters.